The molecule has 2 amide bonds. The number of carbonyl (C=O) groups is 2. The topological polar surface area (TPSA) is 79.7 Å². The fraction of sp³-hybridized carbons (Fsp3) is 0.160. The molecule has 0 unspecified atom stereocenters. The smallest absolute Gasteiger partial charge is 0.304 e. The molecule has 1 aliphatic heterocycles. The van der Waals surface area contributed by atoms with Crippen LogP contribution >= 0.6 is 11.6 Å². The molecule has 1 fully saturated rings. The predicted molar refractivity (Wildman–Crippen MR) is 125 cm³/mol. The molecular formula is C25H23ClN3O4+. The lowest BCUT2D eigenvalue weighted by Gasteiger charge is -2.15. The summed E-state index contributed by atoms with van der Waals surface area (Å²) in [5.74, 6) is 0.497. The molecule has 3 aromatic rings. The SMILES string of the molecule is COc1ccc(/C=[N+]2\NC(=O)[C@H](NC(=O)c3ccc(Cl)cc3)[C@H]2c2ccccc2)cc1OC. The van der Waals surface area contributed by atoms with E-state index in [2.05, 4.69) is 10.7 Å². The van der Waals surface area contributed by atoms with E-state index < -0.39 is 12.1 Å². The van der Waals surface area contributed by atoms with Gasteiger partial charge < -0.3 is 14.8 Å². The normalized spacial score (nSPS) is 18.6. The summed E-state index contributed by atoms with van der Waals surface area (Å²) >= 11 is 5.93. The second kappa shape index (κ2) is 9.75. The molecule has 0 spiro atoms. The molecule has 7 nitrogen and oxygen atoms in total. The molecule has 33 heavy (non-hydrogen) atoms. The lowest BCUT2D eigenvalue weighted by Crippen LogP contribution is -2.42. The van der Waals surface area contributed by atoms with Crippen LogP contribution in [0.2, 0.25) is 5.02 Å². The van der Waals surface area contributed by atoms with E-state index in [1.54, 1.807) is 55.5 Å². The number of hydrazone groups is 1. The van der Waals surface area contributed by atoms with Crippen LogP contribution < -0.4 is 20.2 Å². The number of methoxy groups -OCH3 is 2. The number of hydrazine groups is 1. The quantitative estimate of drug-likeness (QED) is 0.548. The number of benzene rings is 3. The van der Waals surface area contributed by atoms with Gasteiger partial charge in [-0.2, -0.15) is 0 Å². The van der Waals surface area contributed by atoms with E-state index in [1.807, 2.05) is 42.5 Å². The summed E-state index contributed by atoms with van der Waals surface area (Å²) in [5, 5.41) is 3.40. The van der Waals surface area contributed by atoms with Gasteiger partial charge in [0.2, 0.25) is 12.3 Å². The summed E-state index contributed by atoms with van der Waals surface area (Å²) in [4.78, 5) is 25.8. The Morgan fingerprint density at radius 3 is 2.36 bits per heavy atom. The summed E-state index contributed by atoms with van der Waals surface area (Å²) < 4.78 is 12.4. The van der Waals surface area contributed by atoms with E-state index in [1.165, 1.54) is 0 Å². The van der Waals surface area contributed by atoms with Crippen LogP contribution in [0, 0.1) is 0 Å². The van der Waals surface area contributed by atoms with E-state index in [4.69, 9.17) is 21.1 Å². The largest absolute Gasteiger partial charge is 0.493 e. The Morgan fingerprint density at radius 1 is 1.00 bits per heavy atom. The van der Waals surface area contributed by atoms with Crippen molar-refractivity contribution in [1.29, 1.82) is 0 Å². The average Bonchev–Trinajstić information content (AvgIpc) is 3.14. The van der Waals surface area contributed by atoms with Gasteiger partial charge in [-0.05, 0) is 42.5 Å². The van der Waals surface area contributed by atoms with E-state index in [9.17, 15) is 9.59 Å². The number of nitrogens with one attached hydrogen (secondary N) is 2. The number of nitrogens with zero attached hydrogens (tertiary/aromatic N) is 1. The maximum absolute atomic E-state index is 12.9. The summed E-state index contributed by atoms with van der Waals surface area (Å²) in [6.07, 6.45) is 1.80. The predicted octanol–water partition coefficient (Wildman–Crippen LogP) is 3.37. The Hall–Kier alpha value is -3.84. The summed E-state index contributed by atoms with van der Waals surface area (Å²) in [5.41, 5.74) is 4.94. The van der Waals surface area contributed by atoms with Crippen LogP contribution in [0.25, 0.3) is 0 Å². The Bertz CT molecular complexity index is 1200. The van der Waals surface area contributed by atoms with Gasteiger partial charge in [-0.15, -0.1) is 10.1 Å². The molecule has 2 N–H and O–H groups in total. The molecule has 0 aromatic heterocycles. The summed E-state index contributed by atoms with van der Waals surface area (Å²) in [7, 11) is 3.13. The molecule has 8 heteroatoms. The lowest BCUT2D eigenvalue weighted by atomic mass is 10.00. The van der Waals surface area contributed by atoms with Crippen LogP contribution in [0.4, 0.5) is 0 Å². The highest BCUT2D eigenvalue weighted by Crippen LogP contribution is 2.29. The van der Waals surface area contributed by atoms with Crippen molar-refractivity contribution in [2.45, 2.75) is 12.1 Å². The minimum absolute atomic E-state index is 0.317. The molecule has 4 rings (SSSR count). The van der Waals surface area contributed by atoms with Crippen molar-refractivity contribution >= 4 is 29.6 Å². The van der Waals surface area contributed by atoms with Crippen LogP contribution in [0.15, 0.2) is 72.8 Å². The standard InChI is InChI=1S/C25H22ClN3O4/c1-32-20-13-8-16(14-21(20)33-2)15-29-23(17-6-4-3-5-7-17)22(25(31)28-29)27-24(30)18-9-11-19(26)12-10-18/h3-15,22-23H,1-2H3,(H-,27,28,30,31)/p+1/b29-15-/t22-,23-/m1/s1. The van der Waals surface area contributed by atoms with Crippen LogP contribution in [0.3, 0.4) is 0 Å². The second-order valence-electron chi connectivity index (χ2n) is 7.44. The molecule has 0 aliphatic carbocycles. The first-order chi connectivity index (χ1) is 16.0. The third kappa shape index (κ3) is 4.83. The van der Waals surface area contributed by atoms with Gasteiger partial charge in [0.15, 0.2) is 17.5 Å². The third-order valence-electron chi connectivity index (χ3n) is 5.37. The first-order valence-corrected chi connectivity index (χ1v) is 10.6. The third-order valence-corrected chi connectivity index (χ3v) is 5.62. The summed E-state index contributed by atoms with van der Waals surface area (Å²) in [6.45, 7) is 0. The van der Waals surface area contributed by atoms with Crippen molar-refractivity contribution in [2.24, 2.45) is 0 Å². The molecule has 0 bridgehead atoms. The Morgan fingerprint density at radius 2 is 1.70 bits per heavy atom. The van der Waals surface area contributed by atoms with Crippen molar-refractivity contribution in [3.63, 3.8) is 0 Å². The monoisotopic (exact) mass is 464 g/mol. The fourth-order valence-electron chi connectivity index (χ4n) is 3.75. The van der Waals surface area contributed by atoms with E-state index >= 15 is 0 Å². The molecule has 168 valence electrons. The van der Waals surface area contributed by atoms with Crippen LogP contribution in [0.5, 0.6) is 11.5 Å². The van der Waals surface area contributed by atoms with Gasteiger partial charge in [0.05, 0.1) is 14.2 Å². The molecule has 1 saturated heterocycles. The molecule has 2 atom stereocenters. The molecule has 1 aliphatic rings. The minimum Gasteiger partial charge on any atom is -0.493 e. The van der Waals surface area contributed by atoms with Crippen molar-refractivity contribution < 1.29 is 23.7 Å². The zero-order valence-corrected chi connectivity index (χ0v) is 18.9. The highest BCUT2D eigenvalue weighted by molar-refractivity contribution is 6.30. The number of rotatable bonds is 6. The highest BCUT2D eigenvalue weighted by Gasteiger charge is 2.47. The molecule has 0 saturated carbocycles. The van der Waals surface area contributed by atoms with Crippen molar-refractivity contribution in [1.82, 2.24) is 10.7 Å². The minimum atomic E-state index is -0.813. The zero-order chi connectivity index (χ0) is 23.4. The Balaban J connectivity index is 1.69. The molecule has 1 heterocycles. The summed E-state index contributed by atoms with van der Waals surface area (Å²) in [6, 6.07) is 20.2. The first kappa shape index (κ1) is 22.4. The molecule has 0 radical (unpaired) electrons. The van der Waals surface area contributed by atoms with Crippen molar-refractivity contribution in [3.8, 4) is 11.5 Å². The maximum atomic E-state index is 12.9. The first-order valence-electron chi connectivity index (χ1n) is 10.3. The number of halogens is 1. The molecule has 3 aromatic carbocycles. The number of hydrogen-bond donors (Lipinski definition) is 2. The van der Waals surface area contributed by atoms with Gasteiger partial charge in [0, 0.05) is 21.7 Å². The maximum Gasteiger partial charge on any atom is 0.304 e. The lowest BCUT2D eigenvalue weighted by molar-refractivity contribution is -0.596. The van der Waals surface area contributed by atoms with Gasteiger partial charge in [-0.1, -0.05) is 41.9 Å². The van der Waals surface area contributed by atoms with Crippen LogP contribution in [-0.2, 0) is 4.79 Å². The number of amides is 2. The number of carbonyl (C=O) groups excluding carboxylic acids is 2. The number of hydrogen-bond acceptors (Lipinski definition) is 4. The van der Waals surface area contributed by atoms with Gasteiger partial charge >= 0.3 is 5.91 Å². The van der Waals surface area contributed by atoms with Gasteiger partial charge in [0.1, 0.15) is 0 Å². The Kier molecular flexibility index (Phi) is 6.60. The fourth-order valence-corrected chi connectivity index (χ4v) is 3.88. The van der Waals surface area contributed by atoms with Gasteiger partial charge in [-0.3, -0.25) is 9.59 Å². The van der Waals surface area contributed by atoms with Gasteiger partial charge in [0.25, 0.3) is 5.91 Å². The van der Waals surface area contributed by atoms with Crippen molar-refractivity contribution in [2.75, 3.05) is 14.2 Å². The Labute approximate surface area is 196 Å². The highest BCUT2D eigenvalue weighted by atomic mass is 35.5. The average molecular weight is 465 g/mol. The second-order valence-corrected chi connectivity index (χ2v) is 7.88. The zero-order valence-electron chi connectivity index (χ0n) is 18.1. The van der Waals surface area contributed by atoms with Crippen molar-refractivity contribution in [3.05, 3.63) is 94.5 Å². The number of ether oxygens (including phenoxy) is 2. The molecular weight excluding hydrogens is 442 g/mol. The van der Waals surface area contributed by atoms with E-state index in [0.29, 0.717) is 22.1 Å². The van der Waals surface area contributed by atoms with Gasteiger partial charge in [-0.25, -0.2) is 0 Å². The van der Waals surface area contributed by atoms with E-state index in [0.717, 1.165) is 11.1 Å². The van der Waals surface area contributed by atoms with Crippen LogP contribution in [0.1, 0.15) is 27.5 Å². The van der Waals surface area contributed by atoms with Crippen LogP contribution in [-0.4, -0.2) is 43.0 Å². The van der Waals surface area contributed by atoms with E-state index in [-0.39, 0.29) is 11.8 Å².